The minimum atomic E-state index is -0.617. The van der Waals surface area contributed by atoms with Crippen LogP contribution in [0.5, 0.6) is 0 Å². The van der Waals surface area contributed by atoms with Gasteiger partial charge in [-0.25, -0.2) is 0 Å². The molecule has 0 aromatic carbocycles. The summed E-state index contributed by atoms with van der Waals surface area (Å²) >= 11 is 1.65. The maximum Gasteiger partial charge on any atom is 0.244 e. The molecule has 0 aliphatic carbocycles. The lowest BCUT2D eigenvalue weighted by atomic mass is 9.70. The molecule has 2 bridgehead atoms. The van der Waals surface area contributed by atoms with Gasteiger partial charge in [0, 0.05) is 24.4 Å². The van der Waals surface area contributed by atoms with Gasteiger partial charge in [-0.05, 0) is 33.1 Å². The Morgan fingerprint density at radius 1 is 1.38 bits per heavy atom. The Bertz CT molecular complexity index is 599. The number of hydrogen-bond donors (Lipinski definition) is 3. The molecule has 3 saturated heterocycles. The topological polar surface area (TPSA) is 98.7 Å². The van der Waals surface area contributed by atoms with E-state index in [4.69, 9.17) is 0 Å². The summed E-state index contributed by atoms with van der Waals surface area (Å²) in [6, 6.07) is -0.648. The Balaban J connectivity index is 1.94. The third-order valence-corrected chi connectivity index (χ3v) is 7.62. The highest BCUT2D eigenvalue weighted by molar-refractivity contribution is 8.02. The molecule has 0 aromatic rings. The van der Waals surface area contributed by atoms with Crippen LogP contribution in [0.15, 0.2) is 0 Å². The molecule has 1 spiro atoms. The number of fused-ring (bicyclic) bond motifs is 1. The standard InChI is InChI=1S/C18H29N3O4S/c1-4-7-19-15(23)12-11-5-6-18(26-11)13(12)17(25)21(8-9-22)14(18)16(24)20-10(2)3/h10-14,22H,4-9H2,1-3H3,(H,19,23)(H,20,24)/t11-,12+,13-,14?,18?/m0/s1. The van der Waals surface area contributed by atoms with E-state index in [1.165, 1.54) is 4.90 Å². The van der Waals surface area contributed by atoms with Gasteiger partial charge in [-0.2, -0.15) is 0 Å². The number of β-amino-alcohol motifs (C(OH)–C–C–N with tert-alkyl or cyclic N) is 1. The fraction of sp³-hybridized carbons (Fsp3) is 0.833. The van der Waals surface area contributed by atoms with E-state index in [0.29, 0.717) is 6.54 Å². The summed E-state index contributed by atoms with van der Waals surface area (Å²) in [6.45, 7) is 6.30. The summed E-state index contributed by atoms with van der Waals surface area (Å²) in [7, 11) is 0. The Labute approximate surface area is 158 Å². The summed E-state index contributed by atoms with van der Waals surface area (Å²) in [4.78, 5) is 40.4. The lowest BCUT2D eigenvalue weighted by molar-refractivity contribution is -0.140. The van der Waals surface area contributed by atoms with Crippen LogP contribution in [0.25, 0.3) is 0 Å². The molecule has 26 heavy (non-hydrogen) atoms. The number of rotatable bonds is 7. The van der Waals surface area contributed by atoms with E-state index in [2.05, 4.69) is 10.6 Å². The van der Waals surface area contributed by atoms with Gasteiger partial charge in [0.25, 0.3) is 0 Å². The van der Waals surface area contributed by atoms with Crippen LogP contribution in [0.4, 0.5) is 0 Å². The zero-order chi connectivity index (χ0) is 19.1. The number of nitrogens with one attached hydrogen (secondary N) is 2. The largest absolute Gasteiger partial charge is 0.395 e. The van der Waals surface area contributed by atoms with Crippen LogP contribution in [0.2, 0.25) is 0 Å². The van der Waals surface area contributed by atoms with Crippen molar-refractivity contribution in [2.24, 2.45) is 11.8 Å². The van der Waals surface area contributed by atoms with E-state index in [1.807, 2.05) is 20.8 Å². The molecule has 5 atom stereocenters. The molecule has 146 valence electrons. The first-order chi connectivity index (χ1) is 12.4. The summed E-state index contributed by atoms with van der Waals surface area (Å²) in [5, 5.41) is 15.4. The number of hydrogen-bond acceptors (Lipinski definition) is 5. The van der Waals surface area contributed by atoms with E-state index in [0.717, 1.165) is 19.3 Å². The van der Waals surface area contributed by atoms with E-state index in [1.54, 1.807) is 11.8 Å². The second-order valence-electron chi connectivity index (χ2n) is 7.77. The number of likely N-dealkylation sites (tertiary alicyclic amines) is 1. The fourth-order valence-corrected chi connectivity index (χ4v) is 7.05. The molecule has 0 aromatic heterocycles. The quantitative estimate of drug-likeness (QED) is 0.580. The number of carbonyl (C=O) groups is 3. The number of aliphatic hydroxyl groups excluding tert-OH is 1. The second-order valence-corrected chi connectivity index (χ2v) is 9.37. The molecule has 3 N–H and O–H groups in total. The third-order valence-electron chi connectivity index (χ3n) is 5.67. The summed E-state index contributed by atoms with van der Waals surface area (Å²) in [5.74, 6) is -1.26. The van der Waals surface area contributed by atoms with Crippen molar-refractivity contribution in [3.05, 3.63) is 0 Å². The van der Waals surface area contributed by atoms with Gasteiger partial charge in [0.05, 0.1) is 23.2 Å². The van der Waals surface area contributed by atoms with Crippen molar-refractivity contribution in [2.75, 3.05) is 19.7 Å². The molecule has 0 radical (unpaired) electrons. The zero-order valence-electron chi connectivity index (χ0n) is 15.7. The van der Waals surface area contributed by atoms with Crippen LogP contribution in [0.1, 0.15) is 40.0 Å². The molecule has 7 nitrogen and oxygen atoms in total. The maximum absolute atomic E-state index is 13.2. The van der Waals surface area contributed by atoms with E-state index < -0.39 is 16.7 Å². The highest BCUT2D eigenvalue weighted by atomic mass is 32.2. The lowest BCUT2D eigenvalue weighted by Gasteiger charge is -2.34. The SMILES string of the molecule is CCCNC(=O)[C@@H]1[C@@H]2CCC3(S2)C(C(=O)NC(C)C)N(CCO)C(=O)[C@H]13. The Morgan fingerprint density at radius 2 is 2.12 bits per heavy atom. The number of amides is 3. The average molecular weight is 384 g/mol. The molecule has 3 fully saturated rings. The smallest absolute Gasteiger partial charge is 0.244 e. The van der Waals surface area contributed by atoms with Crippen molar-refractivity contribution in [2.45, 2.75) is 62.1 Å². The summed E-state index contributed by atoms with van der Waals surface area (Å²) < 4.78 is -0.551. The Morgan fingerprint density at radius 3 is 2.73 bits per heavy atom. The first-order valence-corrected chi connectivity index (χ1v) is 10.4. The van der Waals surface area contributed by atoms with Gasteiger partial charge in [0.2, 0.25) is 17.7 Å². The van der Waals surface area contributed by atoms with Crippen LogP contribution in [0, 0.1) is 11.8 Å². The number of thioether (sulfide) groups is 1. The number of carbonyl (C=O) groups excluding carboxylic acids is 3. The number of nitrogens with zero attached hydrogens (tertiary/aromatic N) is 1. The van der Waals surface area contributed by atoms with Crippen molar-refractivity contribution in [3.8, 4) is 0 Å². The lowest BCUT2D eigenvalue weighted by Crippen LogP contribution is -2.55. The Kier molecular flexibility index (Phi) is 5.53. The minimum Gasteiger partial charge on any atom is -0.395 e. The van der Waals surface area contributed by atoms with Gasteiger partial charge in [-0.15, -0.1) is 11.8 Å². The van der Waals surface area contributed by atoms with Crippen LogP contribution >= 0.6 is 11.8 Å². The first kappa shape index (κ1) is 19.5. The monoisotopic (exact) mass is 383 g/mol. The van der Waals surface area contributed by atoms with Crippen LogP contribution in [-0.4, -0.2) is 69.5 Å². The summed E-state index contributed by atoms with van der Waals surface area (Å²) in [6.07, 6.45) is 2.45. The van der Waals surface area contributed by atoms with Crippen molar-refractivity contribution in [3.63, 3.8) is 0 Å². The predicted octanol–water partition coefficient (Wildman–Crippen LogP) is 0.121. The minimum absolute atomic E-state index is 0.0312. The maximum atomic E-state index is 13.2. The van der Waals surface area contributed by atoms with Gasteiger partial charge >= 0.3 is 0 Å². The average Bonchev–Trinajstić information content (AvgIpc) is 3.20. The van der Waals surface area contributed by atoms with Gasteiger partial charge < -0.3 is 20.6 Å². The van der Waals surface area contributed by atoms with E-state index in [9.17, 15) is 19.5 Å². The van der Waals surface area contributed by atoms with Crippen molar-refractivity contribution < 1.29 is 19.5 Å². The van der Waals surface area contributed by atoms with Gasteiger partial charge in [0.1, 0.15) is 6.04 Å². The second kappa shape index (κ2) is 7.38. The normalized spacial score (nSPS) is 35.1. The Hall–Kier alpha value is -1.28. The highest BCUT2D eigenvalue weighted by Crippen LogP contribution is 2.66. The van der Waals surface area contributed by atoms with Gasteiger partial charge in [0.15, 0.2) is 0 Å². The molecule has 3 aliphatic rings. The molecule has 8 heteroatoms. The molecular weight excluding hydrogens is 354 g/mol. The third kappa shape index (κ3) is 2.91. The van der Waals surface area contributed by atoms with Gasteiger partial charge in [-0.3, -0.25) is 14.4 Å². The van der Waals surface area contributed by atoms with E-state index in [-0.39, 0.29) is 48.1 Å². The van der Waals surface area contributed by atoms with Crippen molar-refractivity contribution in [1.82, 2.24) is 15.5 Å². The predicted molar refractivity (Wildman–Crippen MR) is 99.5 cm³/mol. The molecule has 3 aliphatic heterocycles. The van der Waals surface area contributed by atoms with Crippen LogP contribution in [0.3, 0.4) is 0 Å². The first-order valence-electron chi connectivity index (χ1n) is 9.54. The van der Waals surface area contributed by atoms with Crippen molar-refractivity contribution >= 4 is 29.5 Å². The van der Waals surface area contributed by atoms with Crippen molar-refractivity contribution in [1.29, 1.82) is 0 Å². The molecule has 3 amide bonds. The molecule has 2 unspecified atom stereocenters. The van der Waals surface area contributed by atoms with Crippen LogP contribution < -0.4 is 10.6 Å². The molecule has 3 heterocycles. The molecule has 3 rings (SSSR count). The zero-order valence-corrected chi connectivity index (χ0v) is 16.5. The van der Waals surface area contributed by atoms with E-state index >= 15 is 0 Å². The van der Waals surface area contributed by atoms with Gasteiger partial charge in [-0.1, -0.05) is 6.92 Å². The highest BCUT2D eigenvalue weighted by Gasteiger charge is 2.73. The molecular formula is C18H29N3O4S. The van der Waals surface area contributed by atoms with Crippen LogP contribution in [-0.2, 0) is 14.4 Å². The molecule has 0 saturated carbocycles. The summed E-state index contributed by atoms with van der Waals surface area (Å²) in [5.41, 5.74) is 0. The number of aliphatic hydroxyl groups is 1. The fourth-order valence-electron chi connectivity index (χ4n) is 4.83.